The molecular weight excluding hydrogens is 420 g/mol. The topological polar surface area (TPSA) is 77.3 Å². The summed E-state index contributed by atoms with van der Waals surface area (Å²) in [6, 6.07) is 12.5. The van der Waals surface area contributed by atoms with Crippen molar-refractivity contribution in [2.75, 3.05) is 26.2 Å². The van der Waals surface area contributed by atoms with E-state index in [1.165, 1.54) is 3.97 Å². The van der Waals surface area contributed by atoms with Crippen LogP contribution in [-0.2, 0) is 10.0 Å². The number of aromatic nitrogens is 3. The van der Waals surface area contributed by atoms with Crippen molar-refractivity contribution in [1.82, 2.24) is 17.6 Å². The molecule has 2 heterocycles. The van der Waals surface area contributed by atoms with E-state index in [1.807, 2.05) is 18.2 Å². The van der Waals surface area contributed by atoms with Crippen LogP contribution in [0.5, 0.6) is 5.75 Å². The highest BCUT2D eigenvalue weighted by molar-refractivity contribution is 7.90. The van der Waals surface area contributed by atoms with Crippen molar-refractivity contribution in [3.63, 3.8) is 0 Å². The summed E-state index contributed by atoms with van der Waals surface area (Å²) in [5.74, 6) is 0.602. The van der Waals surface area contributed by atoms with Crippen LogP contribution in [0, 0.1) is 6.92 Å². The van der Waals surface area contributed by atoms with Gasteiger partial charge >= 0.3 is 0 Å². The summed E-state index contributed by atoms with van der Waals surface area (Å²) in [7, 11) is -3.89. The van der Waals surface area contributed by atoms with Gasteiger partial charge in [0.2, 0.25) is 0 Å². The third-order valence-electron chi connectivity index (χ3n) is 5.32. The lowest BCUT2D eigenvalue weighted by Gasteiger charge is -2.18. The van der Waals surface area contributed by atoms with E-state index < -0.39 is 10.0 Å². The number of benzene rings is 2. The maximum atomic E-state index is 13.7. The SMILES string of the molecule is CCN(CC)CCOc1c(C)n(S(=O)(=O)c2cccc3nsnc23)c2ccccc12. The van der Waals surface area contributed by atoms with Gasteiger partial charge < -0.3 is 9.64 Å². The van der Waals surface area contributed by atoms with Crippen molar-refractivity contribution >= 4 is 43.7 Å². The predicted molar refractivity (Wildman–Crippen MR) is 120 cm³/mol. The minimum atomic E-state index is -3.89. The molecule has 0 fully saturated rings. The second kappa shape index (κ2) is 8.33. The predicted octanol–water partition coefficient (Wildman–Crippen LogP) is 3.91. The van der Waals surface area contributed by atoms with Crippen LogP contribution in [0.3, 0.4) is 0 Å². The van der Waals surface area contributed by atoms with E-state index in [0.29, 0.717) is 34.6 Å². The van der Waals surface area contributed by atoms with Crippen LogP contribution >= 0.6 is 11.7 Å². The third-order valence-corrected chi connectivity index (χ3v) is 7.70. The number of hydrogen-bond donors (Lipinski definition) is 0. The highest BCUT2D eigenvalue weighted by Gasteiger charge is 2.28. The zero-order valence-electron chi connectivity index (χ0n) is 17.2. The molecule has 0 spiro atoms. The number of fused-ring (bicyclic) bond motifs is 2. The molecule has 158 valence electrons. The highest BCUT2D eigenvalue weighted by Crippen LogP contribution is 2.36. The van der Waals surface area contributed by atoms with Gasteiger partial charge in [-0.3, -0.25) is 0 Å². The van der Waals surface area contributed by atoms with Gasteiger partial charge in [0.25, 0.3) is 10.0 Å². The number of rotatable bonds is 8. The van der Waals surface area contributed by atoms with Crippen molar-refractivity contribution in [2.24, 2.45) is 0 Å². The van der Waals surface area contributed by atoms with Crippen molar-refractivity contribution in [3.05, 3.63) is 48.2 Å². The molecule has 4 aromatic rings. The zero-order valence-corrected chi connectivity index (χ0v) is 18.8. The fourth-order valence-corrected chi connectivity index (χ4v) is 6.02. The molecule has 0 aliphatic rings. The molecule has 0 radical (unpaired) electrons. The molecule has 2 aromatic carbocycles. The van der Waals surface area contributed by atoms with E-state index in [9.17, 15) is 8.42 Å². The Kier molecular flexibility index (Phi) is 5.77. The third kappa shape index (κ3) is 3.46. The number of likely N-dealkylation sites (N-methyl/N-ethyl adjacent to an activating group) is 1. The van der Waals surface area contributed by atoms with E-state index in [-0.39, 0.29) is 4.90 Å². The van der Waals surface area contributed by atoms with Gasteiger partial charge in [-0.15, -0.1) is 0 Å². The summed E-state index contributed by atoms with van der Waals surface area (Å²) >= 11 is 1.01. The summed E-state index contributed by atoms with van der Waals surface area (Å²) < 4.78 is 43.3. The second-order valence-corrected chi connectivity index (χ2v) is 9.25. The summed E-state index contributed by atoms with van der Waals surface area (Å²) in [6.45, 7) is 9.16. The monoisotopic (exact) mass is 444 g/mol. The van der Waals surface area contributed by atoms with Gasteiger partial charge in [0.1, 0.15) is 28.3 Å². The number of hydrogen-bond acceptors (Lipinski definition) is 7. The van der Waals surface area contributed by atoms with E-state index in [1.54, 1.807) is 31.2 Å². The van der Waals surface area contributed by atoms with Gasteiger partial charge in [0.15, 0.2) is 0 Å². The van der Waals surface area contributed by atoms with Crippen LogP contribution < -0.4 is 4.74 Å². The number of ether oxygens (including phenoxy) is 1. The summed E-state index contributed by atoms with van der Waals surface area (Å²) in [6.07, 6.45) is 0. The maximum absolute atomic E-state index is 13.7. The number of para-hydroxylation sites is 1. The molecule has 0 saturated carbocycles. The van der Waals surface area contributed by atoms with Crippen molar-refractivity contribution in [2.45, 2.75) is 25.7 Å². The van der Waals surface area contributed by atoms with Crippen LogP contribution in [0.4, 0.5) is 0 Å². The average molecular weight is 445 g/mol. The molecule has 9 heteroatoms. The van der Waals surface area contributed by atoms with E-state index in [2.05, 4.69) is 27.5 Å². The molecule has 0 bridgehead atoms. The van der Waals surface area contributed by atoms with Gasteiger partial charge in [-0.1, -0.05) is 32.0 Å². The Morgan fingerprint density at radius 2 is 1.83 bits per heavy atom. The first-order chi connectivity index (χ1) is 14.5. The van der Waals surface area contributed by atoms with Crippen molar-refractivity contribution < 1.29 is 13.2 Å². The van der Waals surface area contributed by atoms with Gasteiger partial charge in [-0.05, 0) is 44.3 Å². The Morgan fingerprint density at radius 3 is 2.60 bits per heavy atom. The molecule has 0 atom stereocenters. The molecule has 4 rings (SSSR count). The minimum absolute atomic E-state index is 0.146. The zero-order chi connectivity index (χ0) is 21.3. The Hall–Kier alpha value is -2.49. The van der Waals surface area contributed by atoms with Crippen LogP contribution in [-0.4, -0.2) is 52.3 Å². The first-order valence-corrected chi connectivity index (χ1v) is 12.1. The summed E-state index contributed by atoms with van der Waals surface area (Å²) in [4.78, 5) is 2.41. The van der Waals surface area contributed by atoms with Gasteiger partial charge in [0, 0.05) is 11.9 Å². The Bertz CT molecular complexity index is 1290. The lowest BCUT2D eigenvalue weighted by molar-refractivity contribution is 0.223. The summed E-state index contributed by atoms with van der Waals surface area (Å²) in [5, 5.41) is 0.779. The molecule has 30 heavy (non-hydrogen) atoms. The lowest BCUT2D eigenvalue weighted by Crippen LogP contribution is -2.28. The Morgan fingerprint density at radius 1 is 1.07 bits per heavy atom. The van der Waals surface area contributed by atoms with Crippen LogP contribution in [0.25, 0.3) is 21.9 Å². The van der Waals surface area contributed by atoms with Crippen LogP contribution in [0.2, 0.25) is 0 Å². The quantitative estimate of drug-likeness (QED) is 0.410. The lowest BCUT2D eigenvalue weighted by atomic mass is 10.2. The van der Waals surface area contributed by atoms with Gasteiger partial charge in [-0.2, -0.15) is 8.75 Å². The molecule has 2 aromatic heterocycles. The van der Waals surface area contributed by atoms with E-state index in [4.69, 9.17) is 4.74 Å². The van der Waals surface area contributed by atoms with Crippen molar-refractivity contribution in [3.8, 4) is 5.75 Å². The van der Waals surface area contributed by atoms with Crippen LogP contribution in [0.15, 0.2) is 47.4 Å². The molecule has 7 nitrogen and oxygen atoms in total. The second-order valence-electron chi connectivity index (χ2n) is 6.96. The smallest absolute Gasteiger partial charge is 0.270 e. The van der Waals surface area contributed by atoms with Gasteiger partial charge in [0.05, 0.1) is 22.9 Å². The molecule has 0 aliphatic heterocycles. The fourth-order valence-electron chi connectivity index (χ4n) is 3.71. The standard InChI is InChI=1S/C21H24N4O3S2/c1-4-24(5-2)13-14-28-21-15(3)25(18-11-7-6-9-16(18)21)30(26,27)19-12-8-10-17-20(19)23-29-22-17/h6-12H,4-5,13-14H2,1-3H3. The average Bonchev–Trinajstić information content (AvgIpc) is 3.33. The number of nitrogens with zero attached hydrogens (tertiary/aromatic N) is 4. The van der Waals surface area contributed by atoms with Crippen LogP contribution in [0.1, 0.15) is 19.5 Å². The Balaban J connectivity index is 1.82. The Labute approximate surface area is 180 Å². The first kappa shape index (κ1) is 20.8. The normalized spacial score (nSPS) is 12.3. The molecule has 0 N–H and O–H groups in total. The maximum Gasteiger partial charge on any atom is 0.270 e. The molecule has 0 amide bonds. The minimum Gasteiger partial charge on any atom is -0.490 e. The van der Waals surface area contributed by atoms with E-state index in [0.717, 1.165) is 36.7 Å². The molecule has 0 saturated heterocycles. The fraction of sp³-hybridized carbons (Fsp3) is 0.333. The highest BCUT2D eigenvalue weighted by atomic mass is 32.2. The molecule has 0 unspecified atom stereocenters. The first-order valence-electron chi connectivity index (χ1n) is 9.91. The largest absolute Gasteiger partial charge is 0.490 e. The van der Waals surface area contributed by atoms with Gasteiger partial charge in [-0.25, -0.2) is 12.4 Å². The van der Waals surface area contributed by atoms with Crippen molar-refractivity contribution in [1.29, 1.82) is 0 Å². The molecular formula is C21H24N4O3S2. The molecule has 0 aliphatic carbocycles. The summed E-state index contributed by atoms with van der Waals surface area (Å²) in [5.41, 5.74) is 2.11. The van der Waals surface area contributed by atoms with E-state index >= 15 is 0 Å².